The minimum absolute atomic E-state index is 0.844. The van der Waals surface area contributed by atoms with E-state index in [0.717, 1.165) is 31.5 Å². The molecule has 3 aliphatic heterocycles. The third kappa shape index (κ3) is 4.06. The fourth-order valence-corrected chi connectivity index (χ4v) is 4.55. The molecule has 132 valence electrons. The van der Waals surface area contributed by atoms with Crippen LogP contribution in [0, 0.1) is 5.92 Å². The number of likely N-dealkylation sites (tertiary alicyclic amines) is 2. The summed E-state index contributed by atoms with van der Waals surface area (Å²) in [5.41, 5.74) is 1.19. The van der Waals surface area contributed by atoms with Gasteiger partial charge in [0.25, 0.3) is 0 Å². The molecule has 0 bridgehead atoms. The first kappa shape index (κ1) is 16.3. The lowest BCUT2D eigenvalue weighted by Gasteiger charge is -2.34. The number of rotatable bonds is 5. The monoisotopic (exact) mass is 329 g/mol. The Morgan fingerprint density at radius 1 is 0.917 bits per heavy atom. The van der Waals surface area contributed by atoms with Gasteiger partial charge in [-0.2, -0.15) is 0 Å². The smallest absolute Gasteiger partial charge is 0.225 e. The van der Waals surface area contributed by atoms with Crippen LogP contribution >= 0.6 is 0 Å². The normalized spacial score (nSPS) is 26.3. The van der Waals surface area contributed by atoms with Crippen LogP contribution in [0.1, 0.15) is 44.2 Å². The third-order valence-corrected chi connectivity index (χ3v) is 5.79. The minimum atomic E-state index is 0.844. The van der Waals surface area contributed by atoms with Gasteiger partial charge >= 0.3 is 0 Å². The summed E-state index contributed by atoms with van der Waals surface area (Å²) >= 11 is 0. The first-order chi connectivity index (χ1) is 11.9. The summed E-state index contributed by atoms with van der Waals surface area (Å²) < 4.78 is 0. The number of piperidine rings is 1. The lowest BCUT2D eigenvalue weighted by Crippen LogP contribution is -2.40. The molecule has 3 fully saturated rings. The Bertz CT molecular complexity index is 522. The number of hydrogen-bond donors (Lipinski definition) is 0. The van der Waals surface area contributed by atoms with E-state index in [2.05, 4.69) is 25.8 Å². The maximum absolute atomic E-state index is 4.84. The molecule has 0 N–H and O–H groups in total. The molecule has 1 unspecified atom stereocenters. The van der Waals surface area contributed by atoms with E-state index in [1.54, 1.807) is 0 Å². The Balaban J connectivity index is 1.33. The van der Waals surface area contributed by atoms with Crippen molar-refractivity contribution in [3.05, 3.63) is 18.0 Å². The van der Waals surface area contributed by atoms with Gasteiger partial charge in [-0.15, -0.1) is 0 Å². The van der Waals surface area contributed by atoms with Crippen molar-refractivity contribution in [3.8, 4) is 0 Å². The van der Waals surface area contributed by atoms with Crippen molar-refractivity contribution in [2.24, 2.45) is 5.92 Å². The zero-order valence-electron chi connectivity index (χ0n) is 14.9. The second-order valence-electron chi connectivity index (χ2n) is 7.79. The lowest BCUT2D eigenvalue weighted by molar-refractivity contribution is 0.136. The van der Waals surface area contributed by atoms with Gasteiger partial charge in [0.05, 0.1) is 5.69 Å². The van der Waals surface area contributed by atoms with Crippen molar-refractivity contribution in [1.82, 2.24) is 19.8 Å². The van der Waals surface area contributed by atoms with Gasteiger partial charge in [0, 0.05) is 38.9 Å². The van der Waals surface area contributed by atoms with Gasteiger partial charge in [-0.1, -0.05) is 0 Å². The highest BCUT2D eigenvalue weighted by Crippen LogP contribution is 2.22. The zero-order chi connectivity index (χ0) is 16.2. The van der Waals surface area contributed by atoms with Crippen LogP contribution < -0.4 is 4.90 Å². The molecule has 0 aromatic carbocycles. The van der Waals surface area contributed by atoms with E-state index in [4.69, 9.17) is 4.98 Å². The topological polar surface area (TPSA) is 35.5 Å². The fraction of sp³-hybridized carbons (Fsp3) is 0.789. The van der Waals surface area contributed by atoms with Gasteiger partial charge in [0.2, 0.25) is 5.95 Å². The van der Waals surface area contributed by atoms with Crippen molar-refractivity contribution >= 4 is 5.95 Å². The molecule has 1 aromatic rings. The van der Waals surface area contributed by atoms with Crippen LogP contribution in [0.4, 0.5) is 5.95 Å². The summed E-state index contributed by atoms with van der Waals surface area (Å²) in [6, 6.07) is 2.10. The van der Waals surface area contributed by atoms with E-state index in [1.165, 1.54) is 76.9 Å². The van der Waals surface area contributed by atoms with Gasteiger partial charge in [-0.05, 0) is 70.1 Å². The predicted octanol–water partition coefficient (Wildman–Crippen LogP) is 2.38. The van der Waals surface area contributed by atoms with Gasteiger partial charge in [-0.25, -0.2) is 9.97 Å². The van der Waals surface area contributed by atoms with Crippen molar-refractivity contribution < 1.29 is 0 Å². The first-order valence-electron chi connectivity index (χ1n) is 9.88. The Labute approximate surface area is 146 Å². The van der Waals surface area contributed by atoms with Crippen LogP contribution in [-0.2, 0) is 6.54 Å². The molecule has 5 nitrogen and oxygen atoms in total. The highest BCUT2D eigenvalue weighted by atomic mass is 15.3. The van der Waals surface area contributed by atoms with Crippen molar-refractivity contribution in [2.45, 2.75) is 45.1 Å². The zero-order valence-corrected chi connectivity index (χ0v) is 14.9. The molecule has 4 heterocycles. The van der Waals surface area contributed by atoms with E-state index in [1.807, 2.05) is 6.20 Å². The second kappa shape index (κ2) is 7.79. The summed E-state index contributed by atoms with van der Waals surface area (Å²) in [6.07, 6.45) is 10.0. The molecule has 0 saturated carbocycles. The maximum atomic E-state index is 4.84. The molecule has 3 aliphatic rings. The van der Waals surface area contributed by atoms with Gasteiger partial charge in [0.15, 0.2) is 0 Å². The Hall–Kier alpha value is -1.20. The van der Waals surface area contributed by atoms with Crippen molar-refractivity contribution in [2.75, 3.05) is 50.7 Å². The molecule has 3 saturated heterocycles. The quantitative estimate of drug-likeness (QED) is 0.829. The SMILES string of the molecule is c1cc(CN2CCCC(CN3CCCC3)C2)nc(N2CCCC2)n1. The van der Waals surface area contributed by atoms with Crippen LogP contribution in [0.25, 0.3) is 0 Å². The molecular formula is C19H31N5. The maximum Gasteiger partial charge on any atom is 0.225 e. The number of hydrogen-bond acceptors (Lipinski definition) is 5. The minimum Gasteiger partial charge on any atom is -0.341 e. The average molecular weight is 329 g/mol. The Morgan fingerprint density at radius 2 is 1.67 bits per heavy atom. The van der Waals surface area contributed by atoms with E-state index < -0.39 is 0 Å². The van der Waals surface area contributed by atoms with E-state index in [0.29, 0.717) is 0 Å². The summed E-state index contributed by atoms with van der Waals surface area (Å²) in [5.74, 6) is 1.78. The molecule has 24 heavy (non-hydrogen) atoms. The molecular weight excluding hydrogens is 298 g/mol. The molecule has 1 aromatic heterocycles. The van der Waals surface area contributed by atoms with E-state index in [-0.39, 0.29) is 0 Å². The average Bonchev–Trinajstić information content (AvgIpc) is 3.29. The van der Waals surface area contributed by atoms with E-state index >= 15 is 0 Å². The molecule has 5 heteroatoms. The standard InChI is InChI=1S/C19H31N5/c1-2-10-22(9-1)14-17-6-5-11-23(15-17)16-18-7-8-20-19(21-18)24-12-3-4-13-24/h7-8,17H,1-6,9-16H2. The lowest BCUT2D eigenvalue weighted by atomic mass is 9.97. The fourth-order valence-electron chi connectivity index (χ4n) is 4.55. The molecule has 0 spiro atoms. The summed E-state index contributed by atoms with van der Waals surface area (Å²) in [7, 11) is 0. The van der Waals surface area contributed by atoms with Crippen LogP contribution in [0.15, 0.2) is 12.3 Å². The largest absolute Gasteiger partial charge is 0.341 e. The van der Waals surface area contributed by atoms with Crippen molar-refractivity contribution in [1.29, 1.82) is 0 Å². The van der Waals surface area contributed by atoms with Crippen LogP contribution in [0.3, 0.4) is 0 Å². The number of nitrogens with zero attached hydrogens (tertiary/aromatic N) is 5. The number of aromatic nitrogens is 2. The molecule has 0 amide bonds. The molecule has 4 rings (SSSR count). The number of anilines is 1. The summed E-state index contributed by atoms with van der Waals surface area (Å²) in [4.78, 5) is 16.9. The summed E-state index contributed by atoms with van der Waals surface area (Å²) in [6.45, 7) is 9.62. The van der Waals surface area contributed by atoms with Gasteiger partial charge in [0.1, 0.15) is 0 Å². The third-order valence-electron chi connectivity index (χ3n) is 5.79. The van der Waals surface area contributed by atoms with E-state index in [9.17, 15) is 0 Å². The molecule has 1 atom stereocenters. The predicted molar refractivity (Wildman–Crippen MR) is 97.2 cm³/mol. The van der Waals surface area contributed by atoms with Crippen LogP contribution in [0.5, 0.6) is 0 Å². The molecule has 0 radical (unpaired) electrons. The molecule has 0 aliphatic carbocycles. The van der Waals surface area contributed by atoms with Crippen molar-refractivity contribution in [3.63, 3.8) is 0 Å². The van der Waals surface area contributed by atoms with Crippen LogP contribution in [-0.4, -0.2) is 65.6 Å². The second-order valence-corrected chi connectivity index (χ2v) is 7.79. The van der Waals surface area contributed by atoms with Crippen LogP contribution in [0.2, 0.25) is 0 Å². The van der Waals surface area contributed by atoms with Gasteiger partial charge in [-0.3, -0.25) is 4.90 Å². The summed E-state index contributed by atoms with van der Waals surface area (Å²) in [5, 5.41) is 0. The Kier molecular flexibility index (Phi) is 5.28. The van der Waals surface area contributed by atoms with Gasteiger partial charge < -0.3 is 9.80 Å². The first-order valence-corrected chi connectivity index (χ1v) is 9.88. The Morgan fingerprint density at radius 3 is 2.50 bits per heavy atom. The highest BCUT2D eigenvalue weighted by Gasteiger charge is 2.24. The highest BCUT2D eigenvalue weighted by molar-refractivity contribution is 5.31.